The minimum absolute atomic E-state index is 0.0584. The van der Waals surface area contributed by atoms with Crippen molar-refractivity contribution in [2.45, 2.75) is 19.8 Å². The molecule has 0 radical (unpaired) electrons. The fourth-order valence-corrected chi connectivity index (χ4v) is 2.55. The van der Waals surface area contributed by atoms with E-state index in [9.17, 15) is 9.90 Å². The molecule has 0 unspecified atom stereocenters. The molecule has 3 rings (SSSR count). The third-order valence-corrected chi connectivity index (χ3v) is 3.89. The Hall–Kier alpha value is -2.95. The van der Waals surface area contributed by atoms with Crippen LogP contribution in [0.25, 0.3) is 6.08 Å². The van der Waals surface area contributed by atoms with Crippen molar-refractivity contribution in [1.29, 1.82) is 0 Å². The number of hydrogen-bond donors (Lipinski definition) is 1. The number of carbonyl (C=O) groups excluding carboxylic acids is 1. The first kappa shape index (κ1) is 16.9. The first-order valence-corrected chi connectivity index (χ1v) is 8.20. The monoisotopic (exact) mass is 340 g/mol. The van der Waals surface area contributed by atoms with Crippen LogP contribution in [0.1, 0.15) is 35.7 Å². The van der Waals surface area contributed by atoms with E-state index < -0.39 is 0 Å². The van der Waals surface area contributed by atoms with Crippen LogP contribution in [0.3, 0.4) is 0 Å². The van der Waals surface area contributed by atoms with Gasteiger partial charge in [-0.1, -0.05) is 19.4 Å². The number of fused-ring (bicyclic) bond motifs is 1. The summed E-state index contributed by atoms with van der Waals surface area (Å²) in [5, 5.41) is 9.50. The Labute approximate surface area is 146 Å². The van der Waals surface area contributed by atoms with Crippen LogP contribution in [0.15, 0.2) is 42.2 Å². The Morgan fingerprint density at radius 1 is 1.16 bits per heavy atom. The van der Waals surface area contributed by atoms with Crippen LogP contribution in [-0.2, 0) is 0 Å². The summed E-state index contributed by atoms with van der Waals surface area (Å²) < 4.78 is 16.6. The summed E-state index contributed by atoms with van der Waals surface area (Å²) in [7, 11) is 1.58. The Kier molecular flexibility index (Phi) is 4.93. The number of carbonyl (C=O) groups is 1. The number of ketones is 1. The molecular formula is C20H20O5. The highest BCUT2D eigenvalue weighted by atomic mass is 16.5. The average molecular weight is 340 g/mol. The molecule has 2 aromatic carbocycles. The van der Waals surface area contributed by atoms with Crippen LogP contribution < -0.4 is 14.2 Å². The van der Waals surface area contributed by atoms with E-state index in [1.165, 1.54) is 12.1 Å². The molecular weight excluding hydrogens is 320 g/mol. The molecule has 130 valence electrons. The smallest absolute Gasteiger partial charge is 0.231 e. The highest BCUT2D eigenvalue weighted by Crippen LogP contribution is 2.35. The number of allylic oxidation sites excluding steroid dienone is 1. The Bertz CT molecular complexity index is 823. The van der Waals surface area contributed by atoms with Gasteiger partial charge >= 0.3 is 0 Å². The predicted molar refractivity (Wildman–Crippen MR) is 94.4 cm³/mol. The number of unbranched alkanes of at least 4 members (excludes halogenated alkanes) is 1. The van der Waals surface area contributed by atoms with Crippen molar-refractivity contribution >= 4 is 11.9 Å². The summed E-state index contributed by atoms with van der Waals surface area (Å²) in [4.78, 5) is 12.4. The molecule has 0 amide bonds. The molecule has 0 saturated heterocycles. The first-order chi connectivity index (χ1) is 12.1. The zero-order valence-corrected chi connectivity index (χ0v) is 14.2. The van der Waals surface area contributed by atoms with Gasteiger partial charge in [-0.3, -0.25) is 4.79 Å². The summed E-state index contributed by atoms with van der Waals surface area (Å²) in [6.45, 7) is 2.74. The highest BCUT2D eigenvalue weighted by molar-refractivity contribution is 6.14. The van der Waals surface area contributed by atoms with Crippen molar-refractivity contribution in [2.24, 2.45) is 0 Å². The van der Waals surface area contributed by atoms with Crippen LogP contribution in [-0.4, -0.2) is 24.6 Å². The Morgan fingerprint density at radius 2 is 2.00 bits per heavy atom. The van der Waals surface area contributed by atoms with Gasteiger partial charge in [0.25, 0.3) is 0 Å². The second kappa shape index (κ2) is 7.30. The van der Waals surface area contributed by atoms with Gasteiger partial charge in [-0.15, -0.1) is 0 Å². The van der Waals surface area contributed by atoms with Gasteiger partial charge in [-0.05, 0) is 42.3 Å². The lowest BCUT2D eigenvalue weighted by molar-refractivity contribution is 0.101. The summed E-state index contributed by atoms with van der Waals surface area (Å²) in [6, 6.07) is 9.91. The SMILES string of the molecule is CCCCOc1ccc(C=C2Oc3cc(O)ccc3C2=O)cc1OC. The van der Waals surface area contributed by atoms with Crippen molar-refractivity contribution < 1.29 is 24.1 Å². The van der Waals surface area contributed by atoms with Gasteiger partial charge in [-0.25, -0.2) is 0 Å². The van der Waals surface area contributed by atoms with E-state index in [-0.39, 0.29) is 17.3 Å². The van der Waals surface area contributed by atoms with E-state index >= 15 is 0 Å². The van der Waals surface area contributed by atoms with E-state index in [0.29, 0.717) is 29.4 Å². The number of rotatable bonds is 6. The molecule has 5 heteroatoms. The van der Waals surface area contributed by atoms with Crippen molar-refractivity contribution in [2.75, 3.05) is 13.7 Å². The van der Waals surface area contributed by atoms with Crippen molar-refractivity contribution in [3.8, 4) is 23.0 Å². The van der Waals surface area contributed by atoms with Crippen LogP contribution in [0.4, 0.5) is 0 Å². The summed E-state index contributed by atoms with van der Waals surface area (Å²) in [6.07, 6.45) is 3.68. The quantitative estimate of drug-likeness (QED) is 0.631. The molecule has 0 aromatic heterocycles. The predicted octanol–water partition coefficient (Wildman–Crippen LogP) is 4.20. The van der Waals surface area contributed by atoms with Crippen molar-refractivity contribution in [1.82, 2.24) is 0 Å². The molecule has 1 heterocycles. The van der Waals surface area contributed by atoms with Crippen LogP contribution >= 0.6 is 0 Å². The molecule has 0 fully saturated rings. The maximum atomic E-state index is 12.4. The van der Waals surface area contributed by atoms with Gasteiger partial charge in [0, 0.05) is 6.07 Å². The molecule has 25 heavy (non-hydrogen) atoms. The van der Waals surface area contributed by atoms with Gasteiger partial charge < -0.3 is 19.3 Å². The van der Waals surface area contributed by atoms with E-state index in [1.807, 2.05) is 12.1 Å². The third kappa shape index (κ3) is 3.60. The molecule has 5 nitrogen and oxygen atoms in total. The van der Waals surface area contributed by atoms with Crippen LogP contribution in [0.2, 0.25) is 0 Å². The number of phenols is 1. The van der Waals surface area contributed by atoms with Crippen molar-refractivity contribution in [3.05, 3.63) is 53.3 Å². The lowest BCUT2D eigenvalue weighted by Crippen LogP contribution is -2.00. The lowest BCUT2D eigenvalue weighted by Gasteiger charge is -2.11. The normalized spacial score (nSPS) is 14.3. The fraction of sp³-hybridized carbons (Fsp3) is 0.250. The molecule has 2 aromatic rings. The number of aromatic hydroxyl groups is 1. The van der Waals surface area contributed by atoms with Gasteiger partial charge in [0.15, 0.2) is 17.3 Å². The number of ether oxygens (including phenoxy) is 3. The maximum Gasteiger partial charge on any atom is 0.231 e. The Balaban J connectivity index is 1.83. The van der Waals surface area contributed by atoms with Gasteiger partial charge in [-0.2, -0.15) is 0 Å². The third-order valence-electron chi connectivity index (χ3n) is 3.89. The molecule has 1 N–H and O–H groups in total. The number of Topliss-reactive ketones (excluding diaryl/α,β-unsaturated/α-hetero) is 1. The van der Waals surface area contributed by atoms with Crippen LogP contribution in [0.5, 0.6) is 23.0 Å². The fourth-order valence-electron chi connectivity index (χ4n) is 2.55. The first-order valence-electron chi connectivity index (χ1n) is 8.20. The largest absolute Gasteiger partial charge is 0.508 e. The standard InChI is InChI=1S/C20H20O5/c1-3-4-9-24-16-8-5-13(10-18(16)23-2)11-19-20(22)15-7-6-14(21)12-17(15)25-19/h5-8,10-12,21H,3-4,9H2,1-2H3. The average Bonchev–Trinajstić information content (AvgIpc) is 2.91. The second-order valence-corrected chi connectivity index (χ2v) is 5.73. The topological polar surface area (TPSA) is 65.0 Å². The van der Waals surface area contributed by atoms with E-state index in [2.05, 4.69) is 6.92 Å². The number of hydrogen-bond acceptors (Lipinski definition) is 5. The maximum absolute atomic E-state index is 12.4. The zero-order valence-electron chi connectivity index (χ0n) is 14.2. The summed E-state index contributed by atoms with van der Waals surface area (Å²) in [5.41, 5.74) is 1.20. The molecule has 1 aliphatic heterocycles. The molecule has 0 aliphatic carbocycles. The molecule has 0 spiro atoms. The van der Waals surface area contributed by atoms with E-state index in [4.69, 9.17) is 14.2 Å². The van der Waals surface area contributed by atoms with Crippen molar-refractivity contribution in [3.63, 3.8) is 0 Å². The summed E-state index contributed by atoms with van der Waals surface area (Å²) in [5.74, 6) is 1.70. The molecule has 0 saturated carbocycles. The summed E-state index contributed by atoms with van der Waals surface area (Å²) >= 11 is 0. The van der Waals surface area contributed by atoms with Crippen LogP contribution in [0, 0.1) is 0 Å². The lowest BCUT2D eigenvalue weighted by atomic mass is 10.1. The Morgan fingerprint density at radius 3 is 2.76 bits per heavy atom. The molecule has 0 atom stereocenters. The number of benzene rings is 2. The van der Waals surface area contributed by atoms with Gasteiger partial charge in [0.2, 0.25) is 5.78 Å². The molecule has 0 bridgehead atoms. The minimum atomic E-state index is -0.211. The second-order valence-electron chi connectivity index (χ2n) is 5.73. The minimum Gasteiger partial charge on any atom is -0.508 e. The van der Waals surface area contributed by atoms with E-state index in [1.54, 1.807) is 25.3 Å². The molecule has 1 aliphatic rings. The zero-order chi connectivity index (χ0) is 17.8. The van der Waals surface area contributed by atoms with Gasteiger partial charge in [0.1, 0.15) is 11.5 Å². The highest BCUT2D eigenvalue weighted by Gasteiger charge is 2.27. The number of methoxy groups -OCH3 is 1. The number of phenolic OH excluding ortho intramolecular Hbond substituents is 1. The van der Waals surface area contributed by atoms with Gasteiger partial charge in [0.05, 0.1) is 19.3 Å². The van der Waals surface area contributed by atoms with E-state index in [0.717, 1.165) is 18.4 Å².